The number of hydrogen-bond acceptors (Lipinski definition) is 2. The molecule has 0 aromatic rings. The number of hydrogen-bond donors (Lipinski definition) is 0. The second kappa shape index (κ2) is 9.01. The first-order chi connectivity index (χ1) is 4.31. The van der Waals surface area contributed by atoms with E-state index < -0.39 is 0 Å². The molecule has 0 heterocycles. The molecule has 0 rings (SSSR count). The molecule has 0 aliphatic carbocycles. The monoisotopic (exact) mass is 248 g/mol. The van der Waals surface area contributed by atoms with Gasteiger partial charge in [-0.05, 0) is 6.42 Å². The Kier molecular flexibility index (Phi) is 11.4. The third kappa shape index (κ3) is 8.01. The van der Waals surface area contributed by atoms with Crippen LogP contribution in [0, 0.1) is 0 Å². The summed E-state index contributed by atoms with van der Waals surface area (Å²) < 4.78 is 4.67. The van der Waals surface area contributed by atoms with Crippen LogP contribution in [0.4, 0.5) is 0 Å². The van der Waals surface area contributed by atoms with Crippen LogP contribution in [-0.2, 0) is 9.53 Å². The van der Waals surface area contributed by atoms with Crippen molar-refractivity contribution in [2.24, 2.45) is 0 Å². The molecule has 0 aliphatic rings. The molecule has 0 amide bonds. The van der Waals surface area contributed by atoms with Gasteiger partial charge in [-0.1, -0.05) is 19.9 Å². The van der Waals surface area contributed by atoms with Gasteiger partial charge in [0.2, 0.25) is 0 Å². The number of carbonyl (C=O) groups excluding carboxylic acids is 1. The topological polar surface area (TPSA) is 26.3 Å². The summed E-state index contributed by atoms with van der Waals surface area (Å²) in [6, 6.07) is 0. The molecular formula is C7H12O2Sn. The maximum Gasteiger partial charge on any atom is 0.330 e. The first-order valence-electron chi connectivity index (χ1n) is 3.10. The van der Waals surface area contributed by atoms with E-state index in [0.29, 0.717) is 6.61 Å². The zero-order valence-electron chi connectivity index (χ0n) is 6.22. The van der Waals surface area contributed by atoms with Gasteiger partial charge < -0.3 is 4.74 Å². The van der Waals surface area contributed by atoms with Crippen molar-refractivity contribution in [3.63, 3.8) is 0 Å². The predicted octanol–water partition coefficient (Wildman–Crippen LogP) is 1.13. The van der Waals surface area contributed by atoms with Crippen LogP contribution in [0.25, 0.3) is 0 Å². The average Bonchev–Trinajstić information content (AvgIpc) is 1.89. The quantitative estimate of drug-likeness (QED) is 0.322. The molecule has 0 saturated carbocycles. The number of carbonyl (C=O) groups is 1. The molecule has 4 radical (unpaired) electrons. The van der Waals surface area contributed by atoms with Gasteiger partial charge in [0.15, 0.2) is 0 Å². The zero-order valence-corrected chi connectivity index (χ0v) is 9.08. The molecule has 0 bridgehead atoms. The van der Waals surface area contributed by atoms with E-state index in [9.17, 15) is 4.79 Å². The normalized spacial score (nSPS) is 7.70. The second-order valence-corrected chi connectivity index (χ2v) is 1.73. The standard InChI is InChI=1S/C7H12O2.Sn/c1-3-5-6-9-7(8)4-2;/h4H,2-3,5-6H2,1H3;. The second-order valence-electron chi connectivity index (χ2n) is 1.73. The molecule has 56 valence electrons. The van der Waals surface area contributed by atoms with Gasteiger partial charge in [0.1, 0.15) is 0 Å². The largest absolute Gasteiger partial charge is 0.463 e. The summed E-state index contributed by atoms with van der Waals surface area (Å²) in [4.78, 5) is 10.3. The van der Waals surface area contributed by atoms with Crippen molar-refractivity contribution >= 4 is 29.9 Å². The van der Waals surface area contributed by atoms with Crippen LogP contribution in [0.1, 0.15) is 19.8 Å². The number of unbranched alkanes of at least 4 members (excludes halogenated alkanes) is 1. The molecule has 0 spiro atoms. The van der Waals surface area contributed by atoms with Crippen molar-refractivity contribution in [1.29, 1.82) is 0 Å². The summed E-state index contributed by atoms with van der Waals surface area (Å²) in [5.74, 6) is -0.330. The Morgan fingerprint density at radius 3 is 2.70 bits per heavy atom. The van der Waals surface area contributed by atoms with E-state index in [1.807, 2.05) is 6.92 Å². The minimum atomic E-state index is -0.330. The molecule has 0 aromatic carbocycles. The van der Waals surface area contributed by atoms with Crippen LogP contribution in [0.2, 0.25) is 0 Å². The molecule has 3 heteroatoms. The van der Waals surface area contributed by atoms with Gasteiger partial charge in [0, 0.05) is 30.0 Å². The Labute approximate surface area is 78.6 Å². The SMILES string of the molecule is C=CC(=O)OCCCC.[Sn]. The van der Waals surface area contributed by atoms with Gasteiger partial charge >= 0.3 is 5.97 Å². The summed E-state index contributed by atoms with van der Waals surface area (Å²) in [7, 11) is 0. The zero-order chi connectivity index (χ0) is 7.11. The van der Waals surface area contributed by atoms with Crippen molar-refractivity contribution < 1.29 is 9.53 Å². The molecule has 0 saturated heterocycles. The van der Waals surface area contributed by atoms with E-state index in [1.54, 1.807) is 0 Å². The van der Waals surface area contributed by atoms with Gasteiger partial charge in [-0.15, -0.1) is 0 Å². The molecule has 0 aliphatic heterocycles. The van der Waals surface area contributed by atoms with Gasteiger partial charge in [0.25, 0.3) is 0 Å². The fourth-order valence-corrected chi connectivity index (χ4v) is 0.376. The molecule has 0 unspecified atom stereocenters. The Balaban J connectivity index is 0. The summed E-state index contributed by atoms with van der Waals surface area (Å²) in [5.41, 5.74) is 0. The van der Waals surface area contributed by atoms with Gasteiger partial charge in [-0.2, -0.15) is 0 Å². The van der Waals surface area contributed by atoms with Crippen LogP contribution < -0.4 is 0 Å². The van der Waals surface area contributed by atoms with Crippen molar-refractivity contribution in [3.05, 3.63) is 12.7 Å². The summed E-state index contributed by atoms with van der Waals surface area (Å²) >= 11 is 0. The minimum absolute atomic E-state index is 0. The summed E-state index contributed by atoms with van der Waals surface area (Å²) in [6.45, 7) is 5.82. The smallest absolute Gasteiger partial charge is 0.330 e. The fourth-order valence-electron chi connectivity index (χ4n) is 0.376. The van der Waals surface area contributed by atoms with E-state index in [4.69, 9.17) is 0 Å². The molecule has 2 nitrogen and oxygen atoms in total. The van der Waals surface area contributed by atoms with Crippen molar-refractivity contribution in [3.8, 4) is 0 Å². The summed E-state index contributed by atoms with van der Waals surface area (Å²) in [6.07, 6.45) is 3.15. The van der Waals surface area contributed by atoms with Crippen molar-refractivity contribution in [2.45, 2.75) is 19.8 Å². The molecule has 0 fully saturated rings. The van der Waals surface area contributed by atoms with Crippen LogP contribution in [0.3, 0.4) is 0 Å². The maximum atomic E-state index is 10.3. The molecule has 0 aromatic heterocycles. The minimum Gasteiger partial charge on any atom is -0.463 e. The van der Waals surface area contributed by atoms with Crippen LogP contribution in [0.5, 0.6) is 0 Å². The number of esters is 1. The van der Waals surface area contributed by atoms with Crippen molar-refractivity contribution in [1.82, 2.24) is 0 Å². The van der Waals surface area contributed by atoms with Gasteiger partial charge in [0.05, 0.1) is 6.61 Å². The van der Waals surface area contributed by atoms with Crippen LogP contribution >= 0.6 is 0 Å². The fraction of sp³-hybridized carbons (Fsp3) is 0.571. The van der Waals surface area contributed by atoms with E-state index >= 15 is 0 Å². The Morgan fingerprint density at radius 2 is 2.30 bits per heavy atom. The molecule has 10 heavy (non-hydrogen) atoms. The number of ether oxygens (including phenoxy) is 1. The van der Waals surface area contributed by atoms with E-state index in [0.717, 1.165) is 12.8 Å². The Hall–Kier alpha value is 0.00870. The van der Waals surface area contributed by atoms with Crippen LogP contribution in [-0.4, -0.2) is 36.5 Å². The van der Waals surface area contributed by atoms with Gasteiger partial charge in [-0.3, -0.25) is 0 Å². The maximum absolute atomic E-state index is 10.3. The van der Waals surface area contributed by atoms with E-state index in [-0.39, 0.29) is 29.9 Å². The molecular weight excluding hydrogens is 235 g/mol. The van der Waals surface area contributed by atoms with E-state index in [1.165, 1.54) is 6.08 Å². The van der Waals surface area contributed by atoms with Crippen molar-refractivity contribution in [2.75, 3.05) is 6.61 Å². The first-order valence-corrected chi connectivity index (χ1v) is 3.10. The third-order valence-electron chi connectivity index (χ3n) is 0.909. The summed E-state index contributed by atoms with van der Waals surface area (Å²) in [5, 5.41) is 0. The predicted molar refractivity (Wildman–Crippen MR) is 41.8 cm³/mol. The van der Waals surface area contributed by atoms with Gasteiger partial charge in [-0.25, -0.2) is 4.79 Å². The third-order valence-corrected chi connectivity index (χ3v) is 0.909. The van der Waals surface area contributed by atoms with E-state index in [2.05, 4.69) is 11.3 Å². The number of rotatable bonds is 4. The Bertz CT molecular complexity index is 102. The molecule has 0 N–H and O–H groups in total. The Morgan fingerprint density at radius 1 is 1.70 bits per heavy atom. The molecule has 0 atom stereocenters. The first kappa shape index (κ1) is 12.7. The van der Waals surface area contributed by atoms with Crippen LogP contribution in [0.15, 0.2) is 12.7 Å². The average molecular weight is 247 g/mol.